The normalized spacial score (nSPS) is 10.2. The van der Waals surface area contributed by atoms with Crippen LogP contribution in [-0.2, 0) is 4.79 Å². The fraction of sp³-hybridized carbons (Fsp3) is 0.500. The number of ether oxygens (including phenoxy) is 1. The molecule has 2 N–H and O–H groups in total. The van der Waals surface area contributed by atoms with Crippen molar-refractivity contribution in [2.24, 2.45) is 0 Å². The van der Waals surface area contributed by atoms with E-state index in [9.17, 15) is 4.79 Å². The number of likely N-dealkylation sites (N-methyl/N-ethyl adjacent to an activating group) is 2. The zero-order chi connectivity index (χ0) is 15.0. The summed E-state index contributed by atoms with van der Waals surface area (Å²) < 4.78 is 5.23. The molecule has 0 heterocycles. The molecule has 112 valence electrons. The van der Waals surface area contributed by atoms with E-state index in [0.29, 0.717) is 30.3 Å². The van der Waals surface area contributed by atoms with Gasteiger partial charge in [0.1, 0.15) is 5.75 Å². The topological polar surface area (TPSA) is 53.6 Å². The van der Waals surface area contributed by atoms with E-state index in [-0.39, 0.29) is 5.91 Å². The van der Waals surface area contributed by atoms with Gasteiger partial charge < -0.3 is 20.3 Å². The molecule has 1 aromatic rings. The van der Waals surface area contributed by atoms with Gasteiger partial charge in [-0.2, -0.15) is 0 Å². The standard InChI is InChI=1S/C14H22ClN3O2/c1-16-8-9-18(2)14(19)6-7-17-12-10-11(15)4-5-13(12)20-3/h4-5,10,16-17H,6-9H2,1-3H3. The van der Waals surface area contributed by atoms with Crippen molar-refractivity contribution in [3.8, 4) is 5.75 Å². The molecule has 0 bridgehead atoms. The number of hydrogen-bond acceptors (Lipinski definition) is 4. The molecule has 0 aliphatic rings. The Balaban J connectivity index is 2.44. The van der Waals surface area contributed by atoms with Crippen molar-refractivity contribution in [3.05, 3.63) is 23.2 Å². The maximum absolute atomic E-state index is 11.9. The van der Waals surface area contributed by atoms with Crippen molar-refractivity contribution >= 4 is 23.2 Å². The fourth-order valence-corrected chi connectivity index (χ4v) is 1.89. The Labute approximate surface area is 125 Å². The quantitative estimate of drug-likeness (QED) is 0.769. The van der Waals surface area contributed by atoms with Gasteiger partial charge >= 0.3 is 0 Å². The van der Waals surface area contributed by atoms with Gasteiger partial charge in [-0.05, 0) is 25.2 Å². The van der Waals surface area contributed by atoms with E-state index in [1.165, 1.54) is 0 Å². The van der Waals surface area contributed by atoms with Crippen molar-refractivity contribution in [1.29, 1.82) is 0 Å². The molecule has 0 aliphatic carbocycles. The molecule has 0 fully saturated rings. The number of halogens is 1. The summed E-state index contributed by atoms with van der Waals surface area (Å²) in [5.74, 6) is 0.819. The molecule has 0 saturated carbocycles. The SMILES string of the molecule is CNCCN(C)C(=O)CCNc1cc(Cl)ccc1OC. The van der Waals surface area contributed by atoms with Gasteiger partial charge in [-0.1, -0.05) is 11.6 Å². The highest BCUT2D eigenvalue weighted by atomic mass is 35.5. The molecule has 0 aromatic heterocycles. The van der Waals surface area contributed by atoms with Crippen LogP contribution in [0.2, 0.25) is 5.02 Å². The highest BCUT2D eigenvalue weighted by Gasteiger charge is 2.08. The monoisotopic (exact) mass is 299 g/mol. The van der Waals surface area contributed by atoms with E-state index in [1.807, 2.05) is 7.05 Å². The first-order valence-electron chi connectivity index (χ1n) is 6.54. The van der Waals surface area contributed by atoms with Gasteiger partial charge in [0.15, 0.2) is 0 Å². The molecule has 5 nitrogen and oxygen atoms in total. The van der Waals surface area contributed by atoms with Crippen LogP contribution in [0.3, 0.4) is 0 Å². The van der Waals surface area contributed by atoms with Crippen LogP contribution in [0.15, 0.2) is 18.2 Å². The Morgan fingerprint density at radius 1 is 1.40 bits per heavy atom. The first kappa shape index (κ1) is 16.6. The van der Waals surface area contributed by atoms with Crippen LogP contribution < -0.4 is 15.4 Å². The summed E-state index contributed by atoms with van der Waals surface area (Å²) in [5.41, 5.74) is 0.797. The van der Waals surface area contributed by atoms with Gasteiger partial charge in [0.05, 0.1) is 12.8 Å². The predicted octanol–water partition coefficient (Wildman–Crippen LogP) is 1.83. The van der Waals surface area contributed by atoms with Crippen LogP contribution in [0.4, 0.5) is 5.69 Å². The van der Waals surface area contributed by atoms with Crippen LogP contribution in [0.1, 0.15) is 6.42 Å². The van der Waals surface area contributed by atoms with E-state index in [1.54, 1.807) is 37.3 Å². The number of methoxy groups -OCH3 is 1. The molecule has 0 radical (unpaired) electrons. The molecular weight excluding hydrogens is 278 g/mol. The molecule has 1 amide bonds. The Bertz CT molecular complexity index is 440. The Kier molecular flexibility index (Phi) is 7.18. The minimum Gasteiger partial charge on any atom is -0.495 e. The molecule has 1 rings (SSSR count). The van der Waals surface area contributed by atoms with Gasteiger partial charge in [-0.15, -0.1) is 0 Å². The van der Waals surface area contributed by atoms with Crippen LogP contribution in [0.25, 0.3) is 0 Å². The number of benzene rings is 1. The second-order valence-corrected chi connectivity index (χ2v) is 4.88. The lowest BCUT2D eigenvalue weighted by Crippen LogP contribution is -2.33. The average molecular weight is 300 g/mol. The van der Waals surface area contributed by atoms with Crippen LogP contribution in [0.5, 0.6) is 5.75 Å². The highest BCUT2D eigenvalue weighted by molar-refractivity contribution is 6.30. The second-order valence-electron chi connectivity index (χ2n) is 4.44. The molecule has 0 saturated heterocycles. The van der Waals surface area contributed by atoms with Crippen molar-refractivity contribution in [3.63, 3.8) is 0 Å². The summed E-state index contributed by atoms with van der Waals surface area (Å²) in [4.78, 5) is 13.6. The molecule has 0 unspecified atom stereocenters. The number of nitrogens with zero attached hydrogens (tertiary/aromatic N) is 1. The number of carbonyl (C=O) groups excluding carboxylic acids is 1. The number of rotatable bonds is 8. The number of anilines is 1. The van der Waals surface area contributed by atoms with Gasteiger partial charge in [0, 0.05) is 38.1 Å². The lowest BCUT2D eigenvalue weighted by Gasteiger charge is -2.17. The van der Waals surface area contributed by atoms with Gasteiger partial charge in [0.25, 0.3) is 0 Å². The maximum Gasteiger partial charge on any atom is 0.224 e. The van der Waals surface area contributed by atoms with E-state index in [4.69, 9.17) is 16.3 Å². The Hall–Kier alpha value is -1.46. The summed E-state index contributed by atoms with van der Waals surface area (Å²) in [6, 6.07) is 5.35. The summed E-state index contributed by atoms with van der Waals surface area (Å²) >= 11 is 5.95. The van der Waals surface area contributed by atoms with E-state index in [0.717, 1.165) is 12.2 Å². The predicted molar refractivity (Wildman–Crippen MR) is 82.7 cm³/mol. The second kappa shape index (κ2) is 8.66. The largest absolute Gasteiger partial charge is 0.495 e. The molecular formula is C14H22ClN3O2. The fourth-order valence-electron chi connectivity index (χ4n) is 1.72. The van der Waals surface area contributed by atoms with Gasteiger partial charge in [0.2, 0.25) is 5.91 Å². The molecule has 1 aromatic carbocycles. The molecule has 20 heavy (non-hydrogen) atoms. The van der Waals surface area contributed by atoms with E-state index < -0.39 is 0 Å². The third-order valence-electron chi connectivity index (χ3n) is 2.94. The first-order valence-corrected chi connectivity index (χ1v) is 6.92. The summed E-state index contributed by atoms with van der Waals surface area (Å²) in [7, 11) is 5.27. The van der Waals surface area contributed by atoms with Crippen LogP contribution in [-0.4, -0.2) is 51.6 Å². The maximum atomic E-state index is 11.9. The number of hydrogen-bond donors (Lipinski definition) is 2. The molecule has 6 heteroatoms. The highest BCUT2D eigenvalue weighted by Crippen LogP contribution is 2.27. The van der Waals surface area contributed by atoms with E-state index in [2.05, 4.69) is 10.6 Å². The van der Waals surface area contributed by atoms with Crippen molar-refractivity contribution < 1.29 is 9.53 Å². The Morgan fingerprint density at radius 3 is 2.80 bits per heavy atom. The minimum atomic E-state index is 0.105. The molecule has 0 atom stereocenters. The van der Waals surface area contributed by atoms with Gasteiger partial charge in [-0.3, -0.25) is 4.79 Å². The third-order valence-corrected chi connectivity index (χ3v) is 3.17. The lowest BCUT2D eigenvalue weighted by molar-refractivity contribution is -0.129. The summed E-state index contributed by atoms with van der Waals surface area (Å²) in [6.07, 6.45) is 0.426. The van der Waals surface area contributed by atoms with Crippen LogP contribution in [0, 0.1) is 0 Å². The third kappa shape index (κ3) is 5.27. The number of carbonyl (C=O) groups is 1. The summed E-state index contributed by atoms with van der Waals surface area (Å²) in [6.45, 7) is 2.03. The van der Waals surface area contributed by atoms with Crippen molar-refractivity contribution in [2.75, 3.05) is 46.2 Å². The average Bonchev–Trinajstić information content (AvgIpc) is 2.44. The lowest BCUT2D eigenvalue weighted by atomic mass is 10.2. The van der Waals surface area contributed by atoms with Gasteiger partial charge in [-0.25, -0.2) is 0 Å². The number of nitrogens with one attached hydrogen (secondary N) is 2. The zero-order valence-corrected chi connectivity index (χ0v) is 13.0. The zero-order valence-electron chi connectivity index (χ0n) is 12.2. The smallest absolute Gasteiger partial charge is 0.224 e. The van der Waals surface area contributed by atoms with Crippen molar-refractivity contribution in [2.45, 2.75) is 6.42 Å². The van der Waals surface area contributed by atoms with Crippen molar-refractivity contribution in [1.82, 2.24) is 10.2 Å². The number of amides is 1. The molecule has 0 aliphatic heterocycles. The first-order chi connectivity index (χ1) is 9.58. The van der Waals surface area contributed by atoms with Crippen LogP contribution >= 0.6 is 11.6 Å². The van der Waals surface area contributed by atoms with E-state index >= 15 is 0 Å². The molecule has 0 spiro atoms. The minimum absolute atomic E-state index is 0.105. The Morgan fingerprint density at radius 2 is 2.15 bits per heavy atom. The summed E-state index contributed by atoms with van der Waals surface area (Å²) in [5, 5.41) is 6.82.